The van der Waals surface area contributed by atoms with Crippen molar-refractivity contribution < 1.29 is 4.79 Å². The topological polar surface area (TPSA) is 44.7 Å². The van der Waals surface area contributed by atoms with Crippen molar-refractivity contribution in [1.29, 1.82) is 0 Å². The van der Waals surface area contributed by atoms with Crippen LogP contribution in [0.2, 0.25) is 10.3 Å². The fraction of sp³-hybridized carbons (Fsp3) is 0.176. The number of amidine groups is 1. The van der Waals surface area contributed by atoms with Gasteiger partial charge in [-0.15, -0.1) is 0 Å². The van der Waals surface area contributed by atoms with Gasteiger partial charge in [0.25, 0.3) is 0 Å². The molecule has 1 aliphatic rings. The van der Waals surface area contributed by atoms with Crippen LogP contribution in [0.15, 0.2) is 53.5 Å². The van der Waals surface area contributed by atoms with E-state index in [0.717, 1.165) is 28.1 Å². The Balaban J connectivity index is 1.87. The molecule has 1 saturated heterocycles. The second-order valence-corrected chi connectivity index (χ2v) is 7.46. The Morgan fingerprint density at radius 1 is 1.22 bits per heavy atom. The third-order valence-corrected chi connectivity index (χ3v) is 5.49. The summed E-state index contributed by atoms with van der Waals surface area (Å²) >= 11 is 5.91. The molecule has 0 bridgehead atoms. The van der Waals surface area contributed by atoms with Gasteiger partial charge in [-0.2, -0.15) is 0 Å². The molecule has 0 aromatic heterocycles. The Morgan fingerprint density at radius 2 is 1.96 bits per heavy atom. The number of halogens is 1. The maximum atomic E-state index is 12.3. The molecular formula is C17H16ClN3OSe. The van der Waals surface area contributed by atoms with Crippen molar-refractivity contribution in [3.8, 4) is 0 Å². The zero-order valence-corrected chi connectivity index (χ0v) is 15.1. The van der Waals surface area contributed by atoms with E-state index < -0.39 is 0 Å². The molecule has 118 valence electrons. The second kappa shape index (κ2) is 7.18. The van der Waals surface area contributed by atoms with Crippen molar-refractivity contribution in [2.75, 3.05) is 5.01 Å². The van der Waals surface area contributed by atoms with Crippen LogP contribution in [0.3, 0.4) is 0 Å². The number of hydrazine groups is 1. The predicted molar refractivity (Wildman–Crippen MR) is 95.5 cm³/mol. The maximum absolute atomic E-state index is 12.3. The number of amides is 1. The molecule has 1 N–H and O–H groups in total. The number of anilines is 1. The SMILES string of the molecule is CCc1ccccc1N1NC(=Nc2ccc(Cl)cc2)[Se]CC1=O. The van der Waals surface area contributed by atoms with E-state index in [2.05, 4.69) is 17.3 Å². The van der Waals surface area contributed by atoms with Crippen LogP contribution in [-0.2, 0) is 11.2 Å². The number of nitrogens with one attached hydrogen (secondary N) is 1. The number of hydrogen-bond acceptors (Lipinski definition) is 2. The number of rotatable bonds is 3. The normalized spacial score (nSPS) is 16.5. The van der Waals surface area contributed by atoms with Gasteiger partial charge in [0.05, 0.1) is 0 Å². The van der Waals surface area contributed by atoms with E-state index in [1.165, 1.54) is 0 Å². The van der Waals surface area contributed by atoms with Gasteiger partial charge in [-0.05, 0) is 0 Å². The average molecular weight is 393 g/mol. The summed E-state index contributed by atoms with van der Waals surface area (Å²) in [5.41, 5.74) is 6.05. The monoisotopic (exact) mass is 393 g/mol. The fourth-order valence-corrected chi connectivity index (χ4v) is 3.92. The van der Waals surface area contributed by atoms with Crippen molar-refractivity contribution in [2.24, 2.45) is 4.99 Å². The number of aryl methyl sites for hydroxylation is 1. The van der Waals surface area contributed by atoms with Gasteiger partial charge in [-0.1, -0.05) is 0 Å². The molecule has 6 heteroatoms. The van der Waals surface area contributed by atoms with E-state index in [0.29, 0.717) is 10.3 Å². The van der Waals surface area contributed by atoms with Crippen molar-refractivity contribution >= 4 is 48.6 Å². The van der Waals surface area contributed by atoms with Crippen LogP contribution in [0.4, 0.5) is 11.4 Å². The summed E-state index contributed by atoms with van der Waals surface area (Å²) in [7, 11) is 0. The minimum atomic E-state index is 0.00831. The van der Waals surface area contributed by atoms with Crippen LogP contribution >= 0.6 is 11.6 Å². The average Bonchev–Trinajstić information content (AvgIpc) is 2.58. The summed E-state index contributed by atoms with van der Waals surface area (Å²) < 4.78 is 0.838. The molecule has 1 heterocycles. The molecule has 3 rings (SSSR count). The summed E-state index contributed by atoms with van der Waals surface area (Å²) in [6, 6.07) is 15.3. The van der Waals surface area contributed by atoms with Gasteiger partial charge in [0.1, 0.15) is 0 Å². The van der Waals surface area contributed by atoms with Gasteiger partial charge < -0.3 is 0 Å². The molecule has 0 spiro atoms. The summed E-state index contributed by atoms with van der Waals surface area (Å²) in [6.45, 7) is 2.08. The molecule has 1 aliphatic heterocycles. The third-order valence-electron chi connectivity index (χ3n) is 3.46. The molecule has 0 atom stereocenters. The first kappa shape index (κ1) is 16.1. The van der Waals surface area contributed by atoms with E-state index in [9.17, 15) is 4.79 Å². The summed E-state index contributed by atoms with van der Waals surface area (Å²) in [4.78, 5) is 16.9. The van der Waals surface area contributed by atoms with Crippen molar-refractivity contribution in [3.05, 3.63) is 59.1 Å². The number of benzene rings is 2. The molecule has 0 saturated carbocycles. The zero-order valence-electron chi connectivity index (χ0n) is 12.6. The Morgan fingerprint density at radius 3 is 2.70 bits per heavy atom. The first-order valence-corrected chi connectivity index (χ1v) is 9.76. The summed E-state index contributed by atoms with van der Waals surface area (Å²) in [5.74, 6) is 0.0842. The van der Waals surface area contributed by atoms with E-state index in [1.54, 1.807) is 5.01 Å². The third kappa shape index (κ3) is 3.75. The summed E-state index contributed by atoms with van der Waals surface area (Å²) in [5, 5.41) is 2.81. The Labute approximate surface area is 146 Å². The molecule has 4 nitrogen and oxygen atoms in total. The quantitative estimate of drug-likeness (QED) is 0.812. The zero-order chi connectivity index (χ0) is 16.2. The number of carbonyl (C=O) groups excluding carboxylic acids is 1. The van der Waals surface area contributed by atoms with E-state index in [4.69, 9.17) is 11.6 Å². The van der Waals surface area contributed by atoms with Crippen molar-refractivity contribution in [1.82, 2.24) is 5.43 Å². The van der Waals surface area contributed by atoms with E-state index >= 15 is 0 Å². The van der Waals surface area contributed by atoms with Crippen LogP contribution in [0.25, 0.3) is 0 Å². The van der Waals surface area contributed by atoms with Crippen LogP contribution in [0.5, 0.6) is 0 Å². The Kier molecular flexibility index (Phi) is 5.01. The fourth-order valence-electron chi connectivity index (χ4n) is 2.30. The number of hydrogen-bond donors (Lipinski definition) is 1. The molecule has 0 unspecified atom stereocenters. The Bertz CT molecular complexity index is 746. The molecule has 1 fully saturated rings. The van der Waals surface area contributed by atoms with Crippen molar-refractivity contribution in [3.63, 3.8) is 0 Å². The predicted octanol–water partition coefficient (Wildman–Crippen LogP) is 3.56. The van der Waals surface area contributed by atoms with Crippen LogP contribution in [0, 0.1) is 0 Å². The van der Waals surface area contributed by atoms with Crippen LogP contribution < -0.4 is 10.4 Å². The van der Waals surface area contributed by atoms with Crippen LogP contribution in [0.1, 0.15) is 12.5 Å². The molecule has 23 heavy (non-hydrogen) atoms. The molecule has 2 aromatic rings. The Hall–Kier alpha value is -1.81. The number of para-hydroxylation sites is 1. The molecule has 2 aromatic carbocycles. The molecule has 0 radical (unpaired) electrons. The number of carbonyl (C=O) groups is 1. The van der Waals surface area contributed by atoms with Gasteiger partial charge in [-0.3, -0.25) is 0 Å². The molecule has 1 amide bonds. The van der Waals surface area contributed by atoms with Gasteiger partial charge >= 0.3 is 147 Å². The van der Waals surface area contributed by atoms with Crippen LogP contribution in [-0.4, -0.2) is 25.6 Å². The van der Waals surface area contributed by atoms with Gasteiger partial charge in [0.15, 0.2) is 0 Å². The number of aliphatic imine (C=N–C) groups is 1. The molecule has 0 aliphatic carbocycles. The van der Waals surface area contributed by atoms with Gasteiger partial charge in [0, 0.05) is 0 Å². The number of nitrogens with zero attached hydrogens (tertiary/aromatic N) is 2. The molecular weight excluding hydrogens is 377 g/mol. The summed E-state index contributed by atoms with van der Waals surface area (Å²) in [6.07, 6.45) is 0.871. The second-order valence-electron chi connectivity index (χ2n) is 5.01. The minimum absolute atomic E-state index is 0.00831. The van der Waals surface area contributed by atoms with E-state index in [1.807, 2.05) is 48.5 Å². The first-order valence-electron chi connectivity index (χ1n) is 7.32. The van der Waals surface area contributed by atoms with E-state index in [-0.39, 0.29) is 20.9 Å². The van der Waals surface area contributed by atoms with Gasteiger partial charge in [0.2, 0.25) is 0 Å². The van der Waals surface area contributed by atoms with Crippen molar-refractivity contribution in [2.45, 2.75) is 18.7 Å². The first-order chi connectivity index (χ1) is 11.2. The van der Waals surface area contributed by atoms with Gasteiger partial charge in [-0.25, -0.2) is 0 Å². The standard InChI is InChI=1S/C17H16ClN3OSe/c1-2-12-5-3-4-6-15(12)21-16(22)11-23-17(20-21)19-14-9-7-13(18)8-10-14/h3-10H,2,11H2,1H3,(H,19,20).